The maximum atomic E-state index is 11.3. The van der Waals surface area contributed by atoms with Gasteiger partial charge in [0.1, 0.15) is 6.07 Å². The molecule has 0 saturated heterocycles. The number of fused-ring (bicyclic) bond motifs is 2. The second-order valence-corrected chi connectivity index (χ2v) is 7.51. The zero-order valence-corrected chi connectivity index (χ0v) is 14.7. The fourth-order valence-electron chi connectivity index (χ4n) is 2.44. The molecule has 1 aliphatic heterocycles. The molecule has 2 aromatic carbocycles. The molecule has 0 radical (unpaired) electrons. The fourth-order valence-corrected chi connectivity index (χ4v) is 4.40. The number of para-hydroxylation sites is 1. The van der Waals surface area contributed by atoms with Crippen LogP contribution in [0.15, 0.2) is 45.6 Å². The average Bonchev–Trinajstić information content (AvgIpc) is 3.25. The molecular formula is C17H9N3O4S2. The van der Waals surface area contributed by atoms with Gasteiger partial charge < -0.3 is 9.47 Å². The third-order valence-electron chi connectivity index (χ3n) is 3.59. The van der Waals surface area contributed by atoms with E-state index in [-0.39, 0.29) is 18.0 Å². The second kappa shape index (κ2) is 6.67. The summed E-state index contributed by atoms with van der Waals surface area (Å²) in [5.74, 6) is 0.746. The third kappa shape index (κ3) is 3.08. The Morgan fingerprint density at radius 1 is 1.35 bits per heavy atom. The molecule has 4 rings (SSSR count). The largest absolute Gasteiger partial charge is 0.454 e. The SMILES string of the molecule is N#C/C(=C\c1cc2c(cc1[N+](=O)[O-])OCO2)Sc1nc2ccccc2s1. The summed E-state index contributed by atoms with van der Waals surface area (Å²) in [6, 6.07) is 12.6. The molecule has 0 aliphatic carbocycles. The van der Waals surface area contributed by atoms with Crippen LogP contribution in [0, 0.1) is 21.4 Å². The molecule has 0 N–H and O–H groups in total. The standard InChI is InChI=1S/C17H9N3O4S2/c18-8-11(25-17-19-12-3-1-2-4-16(12)26-17)5-10-6-14-15(24-9-23-14)7-13(10)20(21)22/h1-7H,9H2/b11-5+. The molecule has 9 heteroatoms. The lowest BCUT2D eigenvalue weighted by molar-refractivity contribution is -0.385. The number of rotatable bonds is 4. The van der Waals surface area contributed by atoms with Gasteiger partial charge in [-0.1, -0.05) is 12.1 Å². The Morgan fingerprint density at radius 2 is 2.12 bits per heavy atom. The number of benzene rings is 2. The summed E-state index contributed by atoms with van der Waals surface area (Å²) >= 11 is 2.64. The van der Waals surface area contributed by atoms with Crippen molar-refractivity contribution in [3.8, 4) is 17.6 Å². The van der Waals surface area contributed by atoms with Crippen LogP contribution in [0.5, 0.6) is 11.5 Å². The number of allylic oxidation sites excluding steroid dienone is 1. The number of hydrogen-bond acceptors (Lipinski definition) is 8. The molecule has 0 fully saturated rings. The average molecular weight is 383 g/mol. The number of nitrogens with zero attached hydrogens (tertiary/aromatic N) is 3. The molecule has 26 heavy (non-hydrogen) atoms. The van der Waals surface area contributed by atoms with E-state index in [4.69, 9.17) is 9.47 Å². The summed E-state index contributed by atoms with van der Waals surface area (Å²) in [7, 11) is 0. The smallest absolute Gasteiger partial charge is 0.280 e. The third-order valence-corrected chi connectivity index (χ3v) is 5.61. The first-order valence-electron chi connectivity index (χ1n) is 7.37. The topological polar surface area (TPSA) is 98.3 Å². The molecule has 1 aliphatic rings. The van der Waals surface area contributed by atoms with Crippen LogP contribution >= 0.6 is 23.1 Å². The van der Waals surface area contributed by atoms with E-state index < -0.39 is 4.92 Å². The Morgan fingerprint density at radius 3 is 2.85 bits per heavy atom. The van der Waals surface area contributed by atoms with Gasteiger partial charge in [0.2, 0.25) is 6.79 Å². The van der Waals surface area contributed by atoms with Crippen molar-refractivity contribution in [1.82, 2.24) is 4.98 Å². The highest BCUT2D eigenvalue weighted by Gasteiger charge is 2.23. The minimum atomic E-state index is -0.509. The van der Waals surface area contributed by atoms with Gasteiger partial charge >= 0.3 is 0 Å². The zero-order valence-electron chi connectivity index (χ0n) is 13.0. The first kappa shape index (κ1) is 16.4. The van der Waals surface area contributed by atoms with Crippen LogP contribution in [0.4, 0.5) is 5.69 Å². The Kier molecular flexibility index (Phi) is 4.20. The number of nitro groups is 1. The van der Waals surface area contributed by atoms with Crippen molar-refractivity contribution in [3.63, 3.8) is 0 Å². The predicted octanol–water partition coefficient (Wildman–Crippen LogP) is 4.59. The summed E-state index contributed by atoms with van der Waals surface area (Å²) in [6.45, 7) is 0.0191. The molecule has 128 valence electrons. The first-order valence-corrected chi connectivity index (χ1v) is 9.00. The Bertz CT molecular complexity index is 1070. The lowest BCUT2D eigenvalue weighted by Gasteiger charge is -2.02. The first-order chi connectivity index (χ1) is 12.6. The quantitative estimate of drug-likeness (QED) is 0.281. The van der Waals surface area contributed by atoms with Crippen molar-refractivity contribution < 1.29 is 14.4 Å². The maximum absolute atomic E-state index is 11.3. The lowest BCUT2D eigenvalue weighted by atomic mass is 10.1. The van der Waals surface area contributed by atoms with E-state index >= 15 is 0 Å². The number of thiazole rings is 1. The van der Waals surface area contributed by atoms with Crippen LogP contribution in [0.3, 0.4) is 0 Å². The molecule has 7 nitrogen and oxygen atoms in total. The highest BCUT2D eigenvalue weighted by Crippen LogP contribution is 2.40. The van der Waals surface area contributed by atoms with Gasteiger partial charge in [-0.25, -0.2) is 4.98 Å². The van der Waals surface area contributed by atoms with E-state index in [0.29, 0.717) is 20.7 Å². The second-order valence-electron chi connectivity index (χ2n) is 5.19. The van der Waals surface area contributed by atoms with Crippen LogP contribution < -0.4 is 9.47 Å². The van der Waals surface area contributed by atoms with Gasteiger partial charge in [-0.15, -0.1) is 11.3 Å². The molecule has 0 amide bonds. The summed E-state index contributed by atoms with van der Waals surface area (Å²) in [5, 5.41) is 20.8. The minimum Gasteiger partial charge on any atom is -0.454 e. The monoisotopic (exact) mass is 383 g/mol. The number of ether oxygens (including phenoxy) is 2. The lowest BCUT2D eigenvalue weighted by Crippen LogP contribution is -1.93. The summed E-state index contributed by atoms with van der Waals surface area (Å²) in [5.41, 5.74) is 0.989. The fraction of sp³-hybridized carbons (Fsp3) is 0.0588. The van der Waals surface area contributed by atoms with Crippen molar-refractivity contribution in [2.75, 3.05) is 6.79 Å². The van der Waals surface area contributed by atoms with Crippen LogP contribution in [0.1, 0.15) is 5.56 Å². The Balaban J connectivity index is 1.71. The Labute approximate surface area is 155 Å². The van der Waals surface area contributed by atoms with E-state index in [2.05, 4.69) is 11.1 Å². The number of thioether (sulfide) groups is 1. The van der Waals surface area contributed by atoms with Crippen molar-refractivity contribution >= 4 is 45.1 Å². The van der Waals surface area contributed by atoms with Crippen LogP contribution in [-0.2, 0) is 0 Å². The molecule has 0 unspecified atom stereocenters. The van der Waals surface area contributed by atoms with E-state index in [1.807, 2.05) is 24.3 Å². The van der Waals surface area contributed by atoms with Crippen LogP contribution in [-0.4, -0.2) is 16.7 Å². The van der Waals surface area contributed by atoms with E-state index in [0.717, 1.165) is 10.2 Å². The Hall–Kier alpha value is -3.09. The van der Waals surface area contributed by atoms with Gasteiger partial charge in [0.05, 0.1) is 31.7 Å². The number of hydrogen-bond donors (Lipinski definition) is 0. The number of aromatic nitrogens is 1. The molecule has 0 atom stereocenters. The van der Waals surface area contributed by atoms with E-state index in [9.17, 15) is 15.4 Å². The molecular weight excluding hydrogens is 374 g/mol. The van der Waals surface area contributed by atoms with Gasteiger partial charge in [-0.05, 0) is 36.0 Å². The summed E-state index contributed by atoms with van der Waals surface area (Å²) < 4.78 is 12.2. The van der Waals surface area contributed by atoms with Crippen molar-refractivity contribution in [2.45, 2.75) is 4.34 Å². The molecule has 1 aromatic heterocycles. The molecule has 0 saturated carbocycles. The summed E-state index contributed by atoms with van der Waals surface area (Å²) in [4.78, 5) is 15.6. The van der Waals surface area contributed by atoms with Crippen LogP contribution in [0.25, 0.3) is 16.3 Å². The van der Waals surface area contributed by atoms with Gasteiger partial charge in [-0.2, -0.15) is 5.26 Å². The highest BCUT2D eigenvalue weighted by atomic mass is 32.2. The van der Waals surface area contributed by atoms with Crippen molar-refractivity contribution in [2.24, 2.45) is 0 Å². The van der Waals surface area contributed by atoms with Crippen molar-refractivity contribution in [1.29, 1.82) is 5.26 Å². The summed E-state index contributed by atoms with van der Waals surface area (Å²) in [6.07, 6.45) is 1.47. The minimum absolute atomic E-state index is 0.0191. The predicted molar refractivity (Wildman–Crippen MR) is 98.3 cm³/mol. The maximum Gasteiger partial charge on any atom is 0.280 e. The van der Waals surface area contributed by atoms with E-state index in [1.54, 1.807) is 0 Å². The van der Waals surface area contributed by atoms with Gasteiger partial charge in [0.25, 0.3) is 5.69 Å². The molecule has 2 heterocycles. The van der Waals surface area contributed by atoms with Gasteiger partial charge in [-0.3, -0.25) is 10.1 Å². The zero-order chi connectivity index (χ0) is 18.1. The number of nitro benzene ring substituents is 1. The normalized spacial score (nSPS) is 13.0. The molecule has 0 spiro atoms. The van der Waals surface area contributed by atoms with Gasteiger partial charge in [0.15, 0.2) is 15.8 Å². The van der Waals surface area contributed by atoms with E-state index in [1.165, 1.54) is 41.3 Å². The van der Waals surface area contributed by atoms with Crippen LogP contribution in [0.2, 0.25) is 0 Å². The molecule has 3 aromatic rings. The highest BCUT2D eigenvalue weighted by molar-refractivity contribution is 8.05. The van der Waals surface area contributed by atoms with Crippen molar-refractivity contribution in [3.05, 3.63) is 57.0 Å². The number of nitriles is 1. The molecule has 0 bridgehead atoms. The van der Waals surface area contributed by atoms with Gasteiger partial charge in [0, 0.05) is 0 Å².